The molecule has 0 saturated heterocycles. The first-order valence-electron chi connectivity index (χ1n) is 10.3. The van der Waals surface area contributed by atoms with E-state index in [9.17, 15) is 14.4 Å². The van der Waals surface area contributed by atoms with E-state index in [1.165, 1.54) is 35.5 Å². The lowest BCUT2D eigenvalue weighted by Gasteiger charge is -2.27. The molecule has 0 aliphatic carbocycles. The maximum Gasteiger partial charge on any atom is 0.335 e. The molecule has 1 N–H and O–H groups in total. The summed E-state index contributed by atoms with van der Waals surface area (Å²) < 4.78 is 0. The molecule has 2 heterocycles. The van der Waals surface area contributed by atoms with Crippen LogP contribution in [0.15, 0.2) is 71.5 Å². The Labute approximate surface area is 191 Å². The lowest BCUT2D eigenvalue weighted by Crippen LogP contribution is -2.42. The van der Waals surface area contributed by atoms with Gasteiger partial charge in [0.1, 0.15) is 0 Å². The fraction of sp³-hybridized carbons (Fsp3) is 0.154. The van der Waals surface area contributed by atoms with Crippen molar-refractivity contribution in [3.8, 4) is 0 Å². The predicted octanol–water partition coefficient (Wildman–Crippen LogP) is 4.08. The highest BCUT2D eigenvalue weighted by atomic mass is 16.4. The van der Waals surface area contributed by atoms with Gasteiger partial charge in [0, 0.05) is 24.9 Å². The molecule has 0 aromatic heterocycles. The number of carbonyl (C=O) groups is 3. The smallest absolute Gasteiger partial charge is 0.335 e. The molecule has 2 aliphatic heterocycles. The van der Waals surface area contributed by atoms with Crippen molar-refractivity contribution in [2.75, 3.05) is 23.4 Å². The van der Waals surface area contributed by atoms with Crippen molar-refractivity contribution in [3.05, 3.63) is 99.6 Å². The quantitative estimate of drug-likeness (QED) is 0.441. The van der Waals surface area contributed by atoms with E-state index < -0.39 is 17.8 Å². The number of anilines is 2. The standard InChI is InChI=1S/C26H21N3O4/c1-16-21(6-4-5-17-7-12-22-19(15-17)13-14-28(22)3)24(30)29(25(31)23(16)27-2)20-10-8-18(9-11-20)26(32)33/h4-12,15H,13-14H2,1,3H3,(H,32,33)/b5-4?,21-6-. The van der Waals surface area contributed by atoms with Gasteiger partial charge in [-0.15, -0.1) is 0 Å². The number of nitrogens with zero attached hydrogens (tertiary/aromatic N) is 3. The van der Waals surface area contributed by atoms with Gasteiger partial charge in [-0.3, -0.25) is 14.5 Å². The number of carbonyl (C=O) groups excluding carboxylic acids is 2. The monoisotopic (exact) mass is 439 g/mol. The van der Waals surface area contributed by atoms with Gasteiger partial charge < -0.3 is 10.0 Å². The molecule has 4 rings (SSSR count). The van der Waals surface area contributed by atoms with Crippen molar-refractivity contribution >= 4 is 35.2 Å². The van der Waals surface area contributed by atoms with Gasteiger partial charge in [-0.25, -0.2) is 9.64 Å². The fourth-order valence-electron chi connectivity index (χ4n) is 4.03. The van der Waals surface area contributed by atoms with Crippen LogP contribution in [0.3, 0.4) is 0 Å². The van der Waals surface area contributed by atoms with Gasteiger partial charge in [0.25, 0.3) is 17.5 Å². The molecule has 164 valence electrons. The topological polar surface area (TPSA) is 82.3 Å². The van der Waals surface area contributed by atoms with E-state index in [1.54, 1.807) is 19.1 Å². The number of imide groups is 1. The normalized spacial score (nSPS) is 17.2. The zero-order valence-electron chi connectivity index (χ0n) is 18.2. The van der Waals surface area contributed by atoms with E-state index in [0.717, 1.165) is 23.4 Å². The maximum absolute atomic E-state index is 13.2. The Morgan fingerprint density at radius 3 is 2.52 bits per heavy atom. The maximum atomic E-state index is 13.2. The number of hydrogen-bond donors (Lipinski definition) is 1. The van der Waals surface area contributed by atoms with E-state index >= 15 is 0 Å². The van der Waals surface area contributed by atoms with Crippen LogP contribution in [0.25, 0.3) is 10.9 Å². The number of carboxylic acids is 1. The van der Waals surface area contributed by atoms with Crippen molar-refractivity contribution in [3.63, 3.8) is 0 Å². The van der Waals surface area contributed by atoms with Gasteiger partial charge in [-0.05, 0) is 66.4 Å². The minimum atomic E-state index is -1.11. The van der Waals surface area contributed by atoms with Crippen LogP contribution in [-0.2, 0) is 16.0 Å². The summed E-state index contributed by atoms with van der Waals surface area (Å²) in [6.45, 7) is 10.0. The second kappa shape index (κ2) is 8.60. The third kappa shape index (κ3) is 3.94. The van der Waals surface area contributed by atoms with Gasteiger partial charge in [0.15, 0.2) is 0 Å². The summed E-state index contributed by atoms with van der Waals surface area (Å²) in [7, 11) is 2.06. The van der Waals surface area contributed by atoms with Crippen LogP contribution in [0.4, 0.5) is 11.4 Å². The Morgan fingerprint density at radius 1 is 1.12 bits per heavy atom. The molecule has 0 radical (unpaired) electrons. The highest BCUT2D eigenvalue weighted by Gasteiger charge is 2.36. The number of likely N-dealkylation sites (N-methyl/N-ethyl adjacent to an activating group) is 1. The van der Waals surface area contributed by atoms with Gasteiger partial charge >= 0.3 is 5.97 Å². The number of rotatable bonds is 4. The summed E-state index contributed by atoms with van der Waals surface area (Å²) in [5, 5.41) is 9.09. The number of aromatic carboxylic acids is 1. The van der Waals surface area contributed by atoms with E-state index in [4.69, 9.17) is 11.7 Å². The van der Waals surface area contributed by atoms with Crippen molar-refractivity contribution in [1.29, 1.82) is 0 Å². The van der Waals surface area contributed by atoms with E-state index in [2.05, 4.69) is 28.9 Å². The third-order valence-corrected chi connectivity index (χ3v) is 5.87. The number of allylic oxidation sites excluding steroid dienone is 2. The molecule has 33 heavy (non-hydrogen) atoms. The van der Waals surface area contributed by atoms with E-state index in [-0.39, 0.29) is 22.5 Å². The Bertz CT molecular complexity index is 1310. The molecule has 0 spiro atoms. The minimum Gasteiger partial charge on any atom is -0.478 e. The fourth-order valence-corrected chi connectivity index (χ4v) is 4.03. The molecule has 7 nitrogen and oxygen atoms in total. The lowest BCUT2D eigenvalue weighted by atomic mass is 9.97. The molecule has 7 heteroatoms. The zero-order valence-corrected chi connectivity index (χ0v) is 18.2. The molecule has 0 atom stereocenters. The second-order valence-corrected chi connectivity index (χ2v) is 7.88. The average molecular weight is 439 g/mol. The van der Waals surface area contributed by atoms with Crippen LogP contribution in [0.2, 0.25) is 0 Å². The van der Waals surface area contributed by atoms with Crippen LogP contribution in [0, 0.1) is 6.57 Å². The van der Waals surface area contributed by atoms with E-state index in [0.29, 0.717) is 5.57 Å². The van der Waals surface area contributed by atoms with E-state index in [1.807, 2.05) is 12.1 Å². The average Bonchev–Trinajstić information content (AvgIpc) is 3.17. The van der Waals surface area contributed by atoms with Gasteiger partial charge in [0.2, 0.25) is 0 Å². The first-order valence-corrected chi connectivity index (χ1v) is 10.3. The number of benzene rings is 2. The number of amides is 2. The molecule has 0 unspecified atom stereocenters. The Morgan fingerprint density at radius 2 is 1.85 bits per heavy atom. The zero-order chi connectivity index (χ0) is 23.7. The third-order valence-electron chi connectivity index (χ3n) is 5.87. The highest BCUT2D eigenvalue weighted by Crippen LogP contribution is 2.31. The van der Waals surface area contributed by atoms with Gasteiger partial charge in [-0.2, -0.15) is 0 Å². The summed E-state index contributed by atoms with van der Waals surface area (Å²) in [6.07, 6.45) is 6.21. The predicted molar refractivity (Wildman–Crippen MR) is 126 cm³/mol. The van der Waals surface area contributed by atoms with Crippen LogP contribution in [-0.4, -0.2) is 36.5 Å². The Hall–Kier alpha value is -4.44. The second-order valence-electron chi connectivity index (χ2n) is 7.88. The summed E-state index contributed by atoms with van der Waals surface area (Å²) >= 11 is 0. The molecule has 2 amide bonds. The first kappa shape index (κ1) is 21.8. The summed E-state index contributed by atoms with van der Waals surface area (Å²) in [5.41, 5.74) is 4.14. The minimum absolute atomic E-state index is 0.0343. The molecular formula is C26H21N3O4. The number of fused-ring (bicyclic) bond motifs is 1. The number of hydrogen-bond acceptors (Lipinski definition) is 4. The van der Waals surface area contributed by atoms with Crippen LogP contribution in [0.1, 0.15) is 28.4 Å². The molecule has 0 bridgehead atoms. The van der Waals surface area contributed by atoms with Gasteiger partial charge in [-0.1, -0.05) is 24.3 Å². The molecule has 0 fully saturated rings. The molecule has 2 aromatic carbocycles. The molecule has 0 saturated carbocycles. The van der Waals surface area contributed by atoms with Gasteiger partial charge in [0.05, 0.1) is 17.8 Å². The molecule has 2 aliphatic rings. The lowest BCUT2D eigenvalue weighted by molar-refractivity contribution is -0.123. The summed E-state index contributed by atoms with van der Waals surface area (Å²) in [4.78, 5) is 43.6. The van der Waals surface area contributed by atoms with Crippen molar-refractivity contribution in [1.82, 2.24) is 0 Å². The number of carboxylic acid groups (broad SMARTS) is 1. The SMILES string of the molecule is [C-]#[N+]C1=C(C)/C(=C/C=Cc2ccc3c(c2)CCN3C)C(=O)N(c2ccc(C(=O)O)cc2)C1=O. The Balaban J connectivity index is 1.67. The van der Waals surface area contributed by atoms with Crippen molar-refractivity contribution in [2.24, 2.45) is 0 Å². The molecule has 2 aromatic rings. The highest BCUT2D eigenvalue weighted by molar-refractivity contribution is 6.30. The largest absolute Gasteiger partial charge is 0.478 e. The van der Waals surface area contributed by atoms with Crippen LogP contribution in [0.5, 0.6) is 0 Å². The van der Waals surface area contributed by atoms with Crippen LogP contribution < -0.4 is 9.80 Å². The van der Waals surface area contributed by atoms with Crippen molar-refractivity contribution in [2.45, 2.75) is 13.3 Å². The first-order chi connectivity index (χ1) is 15.8. The summed E-state index contributed by atoms with van der Waals surface area (Å²) in [6, 6.07) is 11.6. The van der Waals surface area contributed by atoms with Crippen molar-refractivity contribution < 1.29 is 19.5 Å². The molecular weight excluding hydrogens is 418 g/mol. The Kier molecular flexibility index (Phi) is 5.67. The van der Waals surface area contributed by atoms with Crippen LogP contribution >= 0.6 is 0 Å². The summed E-state index contributed by atoms with van der Waals surface area (Å²) in [5.74, 6) is -2.40.